The molecule has 0 heterocycles. The zero-order valence-electron chi connectivity index (χ0n) is 15.7. The number of hydrogen-bond acceptors (Lipinski definition) is 4. The Morgan fingerprint density at radius 1 is 0.926 bits per heavy atom. The SMILES string of the molecule is COC(=O)c1cccc(NC(=O)c2ccc(C(=O)NCCC(C)C)cc2)c1. The van der Waals surface area contributed by atoms with Crippen molar-refractivity contribution in [1.82, 2.24) is 5.32 Å². The van der Waals surface area contributed by atoms with Crippen molar-refractivity contribution in [3.8, 4) is 0 Å². The van der Waals surface area contributed by atoms with Gasteiger partial charge in [0.2, 0.25) is 0 Å². The van der Waals surface area contributed by atoms with Crippen molar-refractivity contribution in [2.45, 2.75) is 20.3 Å². The molecule has 0 bridgehead atoms. The highest BCUT2D eigenvalue weighted by Gasteiger charge is 2.11. The van der Waals surface area contributed by atoms with Crippen molar-refractivity contribution in [2.75, 3.05) is 19.0 Å². The summed E-state index contributed by atoms with van der Waals surface area (Å²) in [5.41, 5.74) is 1.75. The van der Waals surface area contributed by atoms with Crippen LogP contribution in [0, 0.1) is 5.92 Å². The van der Waals surface area contributed by atoms with Gasteiger partial charge < -0.3 is 15.4 Å². The van der Waals surface area contributed by atoms with Gasteiger partial charge in [0.15, 0.2) is 0 Å². The standard InChI is InChI=1S/C21H24N2O4/c1-14(2)11-12-22-19(24)15-7-9-16(10-8-15)20(25)23-18-6-4-5-17(13-18)21(26)27-3/h4-10,13-14H,11-12H2,1-3H3,(H,22,24)(H,23,25). The van der Waals surface area contributed by atoms with Gasteiger partial charge in [-0.15, -0.1) is 0 Å². The zero-order chi connectivity index (χ0) is 19.8. The third-order valence-corrected chi connectivity index (χ3v) is 3.96. The molecule has 0 saturated carbocycles. The molecule has 0 aliphatic rings. The van der Waals surface area contributed by atoms with Gasteiger partial charge in [-0.3, -0.25) is 9.59 Å². The Kier molecular flexibility index (Phi) is 7.11. The lowest BCUT2D eigenvalue weighted by Crippen LogP contribution is -2.25. The minimum atomic E-state index is -0.473. The second-order valence-corrected chi connectivity index (χ2v) is 6.54. The maximum Gasteiger partial charge on any atom is 0.337 e. The monoisotopic (exact) mass is 368 g/mol. The second-order valence-electron chi connectivity index (χ2n) is 6.54. The Bertz CT molecular complexity index is 813. The molecular formula is C21H24N2O4. The summed E-state index contributed by atoms with van der Waals surface area (Å²) in [5, 5.41) is 5.58. The third-order valence-electron chi connectivity index (χ3n) is 3.96. The van der Waals surface area contributed by atoms with E-state index in [4.69, 9.17) is 0 Å². The number of ether oxygens (including phenoxy) is 1. The first kappa shape index (κ1) is 20.2. The molecular weight excluding hydrogens is 344 g/mol. The van der Waals surface area contributed by atoms with Gasteiger partial charge in [0.1, 0.15) is 0 Å². The van der Waals surface area contributed by atoms with Crippen LogP contribution in [0.15, 0.2) is 48.5 Å². The fraction of sp³-hybridized carbons (Fsp3) is 0.286. The van der Waals surface area contributed by atoms with E-state index in [2.05, 4.69) is 29.2 Å². The summed E-state index contributed by atoms with van der Waals surface area (Å²) in [6.45, 7) is 4.82. The van der Waals surface area contributed by atoms with E-state index in [1.54, 1.807) is 48.5 Å². The third kappa shape index (κ3) is 5.95. The van der Waals surface area contributed by atoms with Gasteiger partial charge in [-0.05, 0) is 54.8 Å². The lowest BCUT2D eigenvalue weighted by atomic mass is 10.1. The number of methoxy groups -OCH3 is 1. The van der Waals surface area contributed by atoms with Crippen molar-refractivity contribution < 1.29 is 19.1 Å². The predicted molar refractivity (Wildman–Crippen MR) is 104 cm³/mol. The van der Waals surface area contributed by atoms with Gasteiger partial charge in [0, 0.05) is 23.4 Å². The van der Waals surface area contributed by atoms with E-state index in [1.807, 2.05) is 0 Å². The minimum absolute atomic E-state index is 0.159. The number of hydrogen-bond donors (Lipinski definition) is 2. The molecule has 142 valence electrons. The van der Waals surface area contributed by atoms with E-state index in [1.165, 1.54) is 7.11 Å². The maximum atomic E-state index is 12.4. The first-order valence-electron chi connectivity index (χ1n) is 8.78. The highest BCUT2D eigenvalue weighted by atomic mass is 16.5. The second kappa shape index (κ2) is 9.52. The number of carbonyl (C=O) groups excluding carboxylic acids is 3. The van der Waals surface area contributed by atoms with Crippen molar-refractivity contribution >= 4 is 23.5 Å². The molecule has 0 aliphatic carbocycles. The first-order chi connectivity index (χ1) is 12.9. The van der Waals surface area contributed by atoms with Gasteiger partial charge >= 0.3 is 5.97 Å². The summed E-state index contributed by atoms with van der Waals surface area (Å²) in [6.07, 6.45) is 0.914. The maximum absolute atomic E-state index is 12.4. The summed E-state index contributed by atoms with van der Waals surface area (Å²) in [5.74, 6) is -0.440. The van der Waals surface area contributed by atoms with Crippen LogP contribution in [0.2, 0.25) is 0 Å². The van der Waals surface area contributed by atoms with E-state index in [-0.39, 0.29) is 11.8 Å². The summed E-state index contributed by atoms with van der Waals surface area (Å²) < 4.78 is 4.67. The average Bonchev–Trinajstić information content (AvgIpc) is 2.67. The van der Waals surface area contributed by atoms with Crippen molar-refractivity contribution in [3.63, 3.8) is 0 Å². The minimum Gasteiger partial charge on any atom is -0.465 e. The highest BCUT2D eigenvalue weighted by molar-refractivity contribution is 6.05. The molecule has 2 aromatic rings. The number of rotatable bonds is 7. The van der Waals surface area contributed by atoms with E-state index < -0.39 is 5.97 Å². The van der Waals surface area contributed by atoms with Crippen LogP contribution in [0.5, 0.6) is 0 Å². The molecule has 6 heteroatoms. The van der Waals surface area contributed by atoms with Crippen LogP contribution in [0.1, 0.15) is 51.3 Å². The normalized spacial score (nSPS) is 10.4. The quantitative estimate of drug-likeness (QED) is 0.733. The Hall–Kier alpha value is -3.15. The molecule has 6 nitrogen and oxygen atoms in total. The molecule has 0 aliphatic heterocycles. The molecule has 2 aromatic carbocycles. The topological polar surface area (TPSA) is 84.5 Å². The molecule has 0 unspecified atom stereocenters. The number of esters is 1. The Labute approximate surface area is 158 Å². The number of anilines is 1. The first-order valence-corrected chi connectivity index (χ1v) is 8.78. The Morgan fingerprint density at radius 3 is 2.15 bits per heavy atom. The molecule has 0 fully saturated rings. The smallest absolute Gasteiger partial charge is 0.337 e. The van der Waals surface area contributed by atoms with Crippen LogP contribution >= 0.6 is 0 Å². The Balaban J connectivity index is 1.99. The molecule has 0 aromatic heterocycles. The van der Waals surface area contributed by atoms with Crippen LogP contribution in [0.3, 0.4) is 0 Å². The van der Waals surface area contributed by atoms with Crippen LogP contribution < -0.4 is 10.6 Å². The largest absolute Gasteiger partial charge is 0.465 e. The highest BCUT2D eigenvalue weighted by Crippen LogP contribution is 2.14. The van der Waals surface area contributed by atoms with Gasteiger partial charge in [-0.25, -0.2) is 4.79 Å². The number of amides is 2. The molecule has 2 rings (SSSR count). The van der Waals surface area contributed by atoms with Gasteiger partial charge in [0.25, 0.3) is 11.8 Å². The van der Waals surface area contributed by atoms with E-state index in [9.17, 15) is 14.4 Å². The lowest BCUT2D eigenvalue weighted by Gasteiger charge is -2.09. The molecule has 0 saturated heterocycles. The van der Waals surface area contributed by atoms with Gasteiger partial charge in [-0.2, -0.15) is 0 Å². The summed E-state index contributed by atoms with van der Waals surface area (Å²) in [4.78, 5) is 36.0. The van der Waals surface area contributed by atoms with Gasteiger partial charge in [0.05, 0.1) is 12.7 Å². The van der Waals surface area contributed by atoms with E-state index in [0.29, 0.717) is 34.8 Å². The van der Waals surface area contributed by atoms with Crippen LogP contribution in [-0.4, -0.2) is 31.4 Å². The van der Waals surface area contributed by atoms with Crippen LogP contribution in [0.25, 0.3) is 0 Å². The fourth-order valence-electron chi connectivity index (χ4n) is 2.39. The predicted octanol–water partition coefficient (Wildman–Crippen LogP) is 3.50. The Morgan fingerprint density at radius 2 is 1.56 bits per heavy atom. The molecule has 0 spiro atoms. The summed E-state index contributed by atoms with van der Waals surface area (Å²) in [7, 11) is 1.30. The fourth-order valence-corrected chi connectivity index (χ4v) is 2.39. The molecule has 0 radical (unpaired) electrons. The summed E-state index contributed by atoms with van der Waals surface area (Å²) >= 11 is 0. The van der Waals surface area contributed by atoms with Crippen LogP contribution in [-0.2, 0) is 4.74 Å². The van der Waals surface area contributed by atoms with Gasteiger partial charge in [-0.1, -0.05) is 19.9 Å². The van der Waals surface area contributed by atoms with Crippen LogP contribution in [0.4, 0.5) is 5.69 Å². The number of carbonyl (C=O) groups is 3. The number of benzene rings is 2. The van der Waals surface area contributed by atoms with Crippen molar-refractivity contribution in [3.05, 3.63) is 65.2 Å². The average molecular weight is 368 g/mol. The molecule has 2 amide bonds. The zero-order valence-corrected chi connectivity index (χ0v) is 15.7. The molecule has 27 heavy (non-hydrogen) atoms. The van der Waals surface area contributed by atoms with E-state index >= 15 is 0 Å². The lowest BCUT2D eigenvalue weighted by molar-refractivity contribution is 0.0600. The number of nitrogens with one attached hydrogen (secondary N) is 2. The summed E-state index contributed by atoms with van der Waals surface area (Å²) in [6, 6.07) is 12.9. The molecule has 0 atom stereocenters. The molecule has 2 N–H and O–H groups in total. The van der Waals surface area contributed by atoms with Crippen molar-refractivity contribution in [1.29, 1.82) is 0 Å². The van der Waals surface area contributed by atoms with Crippen molar-refractivity contribution in [2.24, 2.45) is 5.92 Å². The van der Waals surface area contributed by atoms with E-state index in [0.717, 1.165) is 6.42 Å².